The Labute approximate surface area is 181 Å². The largest absolute Gasteiger partial charge is 0.356 e. The Bertz CT molecular complexity index is 1020. The molecule has 1 atom stereocenters. The van der Waals surface area contributed by atoms with Crippen molar-refractivity contribution in [2.45, 2.75) is 31.7 Å². The first-order valence-electron chi connectivity index (χ1n) is 10.6. The van der Waals surface area contributed by atoms with Crippen LogP contribution in [0.15, 0.2) is 58.9 Å². The van der Waals surface area contributed by atoms with Crippen molar-refractivity contribution in [1.29, 1.82) is 0 Å². The molecule has 2 aromatic heterocycles. The van der Waals surface area contributed by atoms with E-state index in [0.29, 0.717) is 6.04 Å². The molecule has 2 aliphatic rings. The summed E-state index contributed by atoms with van der Waals surface area (Å²) < 4.78 is 0. The van der Waals surface area contributed by atoms with Gasteiger partial charge in [-0.3, -0.25) is 4.99 Å². The van der Waals surface area contributed by atoms with Crippen molar-refractivity contribution in [3.8, 4) is 11.4 Å². The lowest BCUT2D eigenvalue weighted by atomic mass is 10.0. The fourth-order valence-electron chi connectivity index (χ4n) is 4.13. The number of aliphatic imine (C=N–C) groups is 1. The van der Waals surface area contributed by atoms with Gasteiger partial charge in [0.1, 0.15) is 11.5 Å². The molecule has 3 aromatic rings. The van der Waals surface area contributed by atoms with Crippen LogP contribution in [0.2, 0.25) is 0 Å². The number of anilines is 2. The first kappa shape index (κ1) is 19.1. The summed E-state index contributed by atoms with van der Waals surface area (Å²) >= 11 is 1.58. The first-order chi connectivity index (χ1) is 14.8. The fourth-order valence-corrected chi connectivity index (χ4v) is 4.83. The molecule has 6 nitrogen and oxygen atoms in total. The van der Waals surface area contributed by atoms with Crippen LogP contribution >= 0.6 is 11.3 Å². The van der Waals surface area contributed by atoms with E-state index in [1.54, 1.807) is 11.3 Å². The van der Waals surface area contributed by atoms with E-state index in [9.17, 15) is 0 Å². The lowest BCUT2D eigenvalue weighted by Crippen LogP contribution is -2.35. The number of aromatic nitrogens is 2. The van der Waals surface area contributed by atoms with Crippen molar-refractivity contribution < 1.29 is 0 Å². The Morgan fingerprint density at radius 1 is 1.03 bits per heavy atom. The summed E-state index contributed by atoms with van der Waals surface area (Å²) in [6.45, 7) is 2.87. The number of guanidine groups is 1. The van der Waals surface area contributed by atoms with Gasteiger partial charge in [0.25, 0.3) is 0 Å². The van der Waals surface area contributed by atoms with Crippen LogP contribution < -0.4 is 15.5 Å². The van der Waals surface area contributed by atoms with Gasteiger partial charge >= 0.3 is 0 Å². The average Bonchev–Trinajstić information content (AvgIpc) is 3.45. The fraction of sp³-hybridized carbons (Fsp3) is 0.348. The van der Waals surface area contributed by atoms with Gasteiger partial charge in [-0.05, 0) is 43.4 Å². The predicted octanol–water partition coefficient (Wildman–Crippen LogP) is 4.18. The normalized spacial score (nSPS) is 18.7. The summed E-state index contributed by atoms with van der Waals surface area (Å²) in [4.78, 5) is 16.6. The molecule has 1 aromatic carbocycles. The molecule has 7 heteroatoms. The molecule has 0 radical (unpaired) electrons. The van der Waals surface area contributed by atoms with Crippen LogP contribution in [0, 0.1) is 0 Å². The Kier molecular flexibility index (Phi) is 5.61. The molecule has 1 fully saturated rings. The van der Waals surface area contributed by atoms with Crippen LogP contribution in [0.25, 0.3) is 11.4 Å². The molecule has 2 aliphatic heterocycles. The third-order valence-electron chi connectivity index (χ3n) is 5.61. The maximum atomic E-state index is 4.97. The second kappa shape index (κ2) is 8.83. The summed E-state index contributed by atoms with van der Waals surface area (Å²) in [5, 5.41) is 9.45. The van der Waals surface area contributed by atoms with E-state index in [1.165, 1.54) is 18.4 Å². The van der Waals surface area contributed by atoms with Gasteiger partial charge in [0.15, 0.2) is 11.1 Å². The highest BCUT2D eigenvalue weighted by atomic mass is 32.1. The first-order valence-corrected chi connectivity index (χ1v) is 11.5. The monoisotopic (exact) mass is 418 g/mol. The Morgan fingerprint density at radius 2 is 1.97 bits per heavy atom. The van der Waals surface area contributed by atoms with E-state index in [0.717, 1.165) is 60.8 Å². The zero-order valence-corrected chi connectivity index (χ0v) is 17.7. The van der Waals surface area contributed by atoms with Gasteiger partial charge in [0, 0.05) is 31.1 Å². The van der Waals surface area contributed by atoms with Gasteiger partial charge in [-0.15, -0.1) is 11.3 Å². The van der Waals surface area contributed by atoms with Gasteiger partial charge in [0.05, 0.1) is 5.69 Å². The molecule has 30 heavy (non-hydrogen) atoms. The predicted molar refractivity (Wildman–Crippen MR) is 124 cm³/mol. The molecule has 154 valence electrons. The lowest BCUT2D eigenvalue weighted by molar-refractivity contribution is 0.658. The summed E-state index contributed by atoms with van der Waals surface area (Å²) in [5.74, 6) is 1.86. The second-order valence-electron chi connectivity index (χ2n) is 7.73. The van der Waals surface area contributed by atoms with Gasteiger partial charge in [0.2, 0.25) is 0 Å². The van der Waals surface area contributed by atoms with Crippen molar-refractivity contribution in [3.05, 3.63) is 59.5 Å². The van der Waals surface area contributed by atoms with Crippen LogP contribution in [0.5, 0.6) is 0 Å². The van der Waals surface area contributed by atoms with Crippen molar-refractivity contribution in [1.82, 2.24) is 15.3 Å². The molecule has 0 spiro atoms. The third kappa shape index (κ3) is 4.31. The minimum absolute atomic E-state index is 0.498. The lowest BCUT2D eigenvalue weighted by Gasteiger charge is -2.26. The molecule has 0 amide bonds. The molecular formula is C23H26N6S. The zero-order valence-electron chi connectivity index (χ0n) is 16.9. The van der Waals surface area contributed by atoms with Crippen LogP contribution in [-0.4, -0.2) is 41.6 Å². The summed E-state index contributed by atoms with van der Waals surface area (Å²) in [6.07, 6.45) is 4.56. The van der Waals surface area contributed by atoms with E-state index >= 15 is 0 Å². The molecular weight excluding hydrogens is 392 g/mol. The Balaban J connectivity index is 1.32. The van der Waals surface area contributed by atoms with Crippen molar-refractivity contribution in [2.24, 2.45) is 4.99 Å². The molecule has 0 aliphatic carbocycles. The van der Waals surface area contributed by atoms with Crippen molar-refractivity contribution in [2.75, 3.05) is 29.9 Å². The molecule has 1 unspecified atom stereocenters. The number of thiazole rings is 1. The zero-order chi connectivity index (χ0) is 20.2. The standard InChI is InChI=1S/C23H26N6S/c1-2-7-17(8-3-1)15-18-9-5-14-29(18)21-11-4-10-19(26-21)20-16-30-23(27-20)28-22-24-12-6-13-25-22/h1-4,7-8,10-11,16,18H,5-6,9,12-15H2,(H2,24,25,27,28). The van der Waals surface area contributed by atoms with Gasteiger partial charge in [-0.1, -0.05) is 36.4 Å². The molecule has 0 bridgehead atoms. The maximum Gasteiger partial charge on any atom is 0.197 e. The Morgan fingerprint density at radius 3 is 2.83 bits per heavy atom. The van der Waals surface area contributed by atoms with Crippen LogP contribution in [0.3, 0.4) is 0 Å². The highest BCUT2D eigenvalue weighted by Crippen LogP contribution is 2.29. The summed E-state index contributed by atoms with van der Waals surface area (Å²) in [5.41, 5.74) is 3.21. The minimum Gasteiger partial charge on any atom is -0.356 e. The molecule has 2 N–H and O–H groups in total. The van der Waals surface area contributed by atoms with Gasteiger partial charge < -0.3 is 15.5 Å². The molecule has 0 saturated carbocycles. The average molecular weight is 419 g/mol. The number of nitrogens with one attached hydrogen (secondary N) is 2. The molecule has 5 rings (SSSR count). The minimum atomic E-state index is 0.498. The summed E-state index contributed by atoms with van der Waals surface area (Å²) in [7, 11) is 0. The van der Waals surface area contributed by atoms with Crippen LogP contribution in [0.4, 0.5) is 10.9 Å². The van der Waals surface area contributed by atoms with Crippen LogP contribution in [0.1, 0.15) is 24.8 Å². The van der Waals surface area contributed by atoms with E-state index in [-0.39, 0.29) is 0 Å². The number of hydrogen-bond acceptors (Lipinski definition) is 7. The van der Waals surface area contributed by atoms with E-state index < -0.39 is 0 Å². The van der Waals surface area contributed by atoms with Gasteiger partial charge in [-0.2, -0.15) is 0 Å². The van der Waals surface area contributed by atoms with E-state index in [4.69, 9.17) is 9.97 Å². The van der Waals surface area contributed by atoms with Crippen molar-refractivity contribution >= 4 is 28.2 Å². The number of benzene rings is 1. The van der Waals surface area contributed by atoms with E-state index in [2.05, 4.69) is 68.4 Å². The molecule has 1 saturated heterocycles. The smallest absolute Gasteiger partial charge is 0.197 e. The summed E-state index contributed by atoms with van der Waals surface area (Å²) in [6, 6.07) is 17.5. The van der Waals surface area contributed by atoms with Gasteiger partial charge in [-0.25, -0.2) is 9.97 Å². The highest BCUT2D eigenvalue weighted by molar-refractivity contribution is 7.14. The Hall–Kier alpha value is -2.93. The topological polar surface area (TPSA) is 65.4 Å². The quantitative estimate of drug-likeness (QED) is 0.651. The van der Waals surface area contributed by atoms with E-state index in [1.807, 2.05) is 6.07 Å². The number of pyridine rings is 1. The van der Waals surface area contributed by atoms with Crippen LogP contribution in [-0.2, 0) is 6.42 Å². The SMILES string of the molecule is c1ccc(CC2CCCN2c2cccc(-c3csc(NC4=NCCCN4)n3)n2)cc1. The molecule has 4 heterocycles. The number of hydrogen-bond donors (Lipinski definition) is 2. The maximum absolute atomic E-state index is 4.97. The highest BCUT2D eigenvalue weighted by Gasteiger charge is 2.26. The number of nitrogens with zero attached hydrogens (tertiary/aromatic N) is 4. The third-order valence-corrected chi connectivity index (χ3v) is 6.37. The van der Waals surface area contributed by atoms with Crippen molar-refractivity contribution in [3.63, 3.8) is 0 Å². The number of rotatable bonds is 5. The second-order valence-corrected chi connectivity index (χ2v) is 8.59.